The summed E-state index contributed by atoms with van der Waals surface area (Å²) >= 11 is 0. The molecule has 2 N–H and O–H groups in total. The topological polar surface area (TPSA) is 108 Å². The average Bonchev–Trinajstić information content (AvgIpc) is 2.78. The molecule has 0 aromatic heterocycles. The Morgan fingerprint density at radius 1 is 1.09 bits per heavy atom. The fraction of sp³-hybridized carbons (Fsp3) is 0.600. The lowest BCUT2D eigenvalue weighted by atomic mass is 9.62. The second-order valence-electron chi connectivity index (χ2n) is 10.5. The number of imide groups is 1. The summed E-state index contributed by atoms with van der Waals surface area (Å²) in [6.07, 6.45) is 2.33. The lowest BCUT2D eigenvalue weighted by Crippen LogP contribution is -2.56. The number of nitrogens with one attached hydrogen (secondary N) is 2. The minimum Gasteiger partial charge on any atom is -0.444 e. The number of likely N-dealkylation sites (tertiary alicyclic amines) is 1. The van der Waals surface area contributed by atoms with Crippen LogP contribution >= 0.6 is 0 Å². The summed E-state index contributed by atoms with van der Waals surface area (Å²) in [6.45, 7) is 8.35. The van der Waals surface area contributed by atoms with Gasteiger partial charge in [0.1, 0.15) is 5.60 Å². The summed E-state index contributed by atoms with van der Waals surface area (Å²) in [5.74, 6) is -0.681. The number of amides is 4. The first-order valence-electron chi connectivity index (χ1n) is 12.0. The molecule has 1 spiro atoms. The number of anilines is 1. The van der Waals surface area contributed by atoms with Gasteiger partial charge in [0, 0.05) is 43.2 Å². The highest BCUT2D eigenvalue weighted by Crippen LogP contribution is 2.45. The molecule has 3 aliphatic heterocycles. The third-order valence-corrected chi connectivity index (χ3v) is 7.09. The van der Waals surface area contributed by atoms with Crippen molar-refractivity contribution in [1.29, 1.82) is 0 Å². The zero-order chi connectivity index (χ0) is 24.5. The quantitative estimate of drug-likeness (QED) is 0.658. The fourth-order valence-corrected chi connectivity index (χ4v) is 5.25. The molecular formula is C25H34N4O5. The van der Waals surface area contributed by atoms with Gasteiger partial charge in [-0.2, -0.15) is 0 Å². The summed E-state index contributed by atoms with van der Waals surface area (Å²) in [5, 5.41) is 5.71. The van der Waals surface area contributed by atoms with Crippen molar-refractivity contribution in [3.8, 4) is 0 Å². The number of Topliss-reactive ketones (excluding diaryl/α,β-unsaturated/α-hetero) is 1. The number of ketones is 1. The molecule has 1 aromatic rings. The molecule has 1 aromatic carbocycles. The molecular weight excluding hydrogens is 436 g/mol. The average molecular weight is 471 g/mol. The summed E-state index contributed by atoms with van der Waals surface area (Å²) in [6, 6.07) is 6.53. The van der Waals surface area contributed by atoms with Crippen molar-refractivity contribution in [3.05, 3.63) is 29.8 Å². The molecule has 9 nitrogen and oxygen atoms in total. The number of hydrogen-bond donors (Lipinski definition) is 2. The first-order chi connectivity index (χ1) is 16.1. The van der Waals surface area contributed by atoms with Crippen molar-refractivity contribution in [2.75, 3.05) is 37.6 Å². The van der Waals surface area contributed by atoms with Crippen LogP contribution < -0.4 is 15.5 Å². The second-order valence-corrected chi connectivity index (χ2v) is 10.5. The van der Waals surface area contributed by atoms with E-state index in [1.165, 1.54) is 4.90 Å². The minimum absolute atomic E-state index is 0.0227. The van der Waals surface area contributed by atoms with Crippen LogP contribution in [0.5, 0.6) is 0 Å². The number of ether oxygens (including phenoxy) is 1. The number of carbonyl (C=O) groups is 4. The van der Waals surface area contributed by atoms with E-state index in [4.69, 9.17) is 4.74 Å². The fourth-order valence-electron chi connectivity index (χ4n) is 5.25. The Morgan fingerprint density at radius 3 is 2.50 bits per heavy atom. The van der Waals surface area contributed by atoms with E-state index in [9.17, 15) is 19.2 Å². The van der Waals surface area contributed by atoms with Crippen LogP contribution in [-0.4, -0.2) is 67.0 Å². The number of piperidine rings is 2. The van der Waals surface area contributed by atoms with Crippen LogP contribution in [0.3, 0.4) is 0 Å². The highest BCUT2D eigenvalue weighted by Gasteiger charge is 2.48. The molecule has 4 amide bonds. The van der Waals surface area contributed by atoms with Gasteiger partial charge in [0.05, 0.1) is 0 Å². The lowest BCUT2D eigenvalue weighted by Gasteiger charge is -2.49. The van der Waals surface area contributed by atoms with Gasteiger partial charge >= 0.3 is 12.1 Å². The smallest absolute Gasteiger partial charge is 0.410 e. The zero-order valence-corrected chi connectivity index (χ0v) is 20.2. The minimum atomic E-state index is -0.606. The van der Waals surface area contributed by atoms with Crippen LogP contribution in [0.1, 0.15) is 56.8 Å². The molecule has 34 heavy (non-hydrogen) atoms. The first kappa shape index (κ1) is 24.2. The van der Waals surface area contributed by atoms with Crippen molar-refractivity contribution < 1.29 is 23.9 Å². The molecule has 184 valence electrons. The van der Waals surface area contributed by atoms with Gasteiger partial charge in [0.15, 0.2) is 5.78 Å². The van der Waals surface area contributed by atoms with Crippen molar-refractivity contribution in [2.24, 2.45) is 11.3 Å². The molecule has 3 aliphatic rings. The van der Waals surface area contributed by atoms with Gasteiger partial charge in [-0.3, -0.25) is 19.8 Å². The number of benzene rings is 1. The largest absolute Gasteiger partial charge is 0.444 e. The lowest BCUT2D eigenvalue weighted by molar-refractivity contribution is -0.120. The first-order valence-corrected chi connectivity index (χ1v) is 12.0. The summed E-state index contributed by atoms with van der Waals surface area (Å²) in [7, 11) is 0. The molecule has 0 radical (unpaired) electrons. The molecule has 9 heteroatoms. The Morgan fingerprint density at radius 2 is 1.82 bits per heavy atom. The standard InChI is InChI=1S/C25H34N4O5/c1-24(2,3)34-23(33)28-14-10-25(8-11-26-12-9-25)19(16-28)21(31)17-5-4-6-18(15-17)29-13-7-20(30)27-22(29)32/h4-6,15,19,26H,7-14,16H2,1-3H3,(H,27,30,32). The molecule has 0 saturated carbocycles. The van der Waals surface area contributed by atoms with Crippen LogP contribution in [0, 0.1) is 11.3 Å². The van der Waals surface area contributed by atoms with Gasteiger partial charge in [0.25, 0.3) is 0 Å². The van der Waals surface area contributed by atoms with Gasteiger partial charge in [-0.25, -0.2) is 9.59 Å². The summed E-state index contributed by atoms with van der Waals surface area (Å²) in [4.78, 5) is 53.7. The van der Waals surface area contributed by atoms with Crippen LogP contribution in [-0.2, 0) is 9.53 Å². The maximum Gasteiger partial charge on any atom is 0.410 e. The Hall–Kier alpha value is -2.94. The predicted molar refractivity (Wildman–Crippen MR) is 127 cm³/mol. The van der Waals surface area contributed by atoms with E-state index in [0.29, 0.717) is 24.3 Å². The third-order valence-electron chi connectivity index (χ3n) is 7.09. The van der Waals surface area contributed by atoms with Gasteiger partial charge in [-0.05, 0) is 70.7 Å². The highest BCUT2D eigenvalue weighted by atomic mass is 16.6. The highest BCUT2D eigenvalue weighted by molar-refractivity contribution is 6.06. The van der Waals surface area contributed by atoms with Crippen LogP contribution in [0.15, 0.2) is 24.3 Å². The van der Waals surface area contributed by atoms with Crippen molar-refractivity contribution >= 4 is 29.5 Å². The Bertz CT molecular complexity index is 980. The SMILES string of the molecule is CC(C)(C)OC(=O)N1CCC2(CCNCC2)C(C(=O)c2cccc(N3CCC(=O)NC3=O)c2)C1. The molecule has 3 heterocycles. The molecule has 1 atom stereocenters. The number of carbonyl (C=O) groups excluding carboxylic acids is 4. The monoisotopic (exact) mass is 470 g/mol. The molecule has 0 bridgehead atoms. The van der Waals surface area contributed by atoms with Crippen molar-refractivity contribution in [2.45, 2.75) is 52.1 Å². The van der Waals surface area contributed by atoms with Gasteiger partial charge in [0.2, 0.25) is 5.91 Å². The molecule has 3 fully saturated rings. The molecule has 3 saturated heterocycles. The van der Waals surface area contributed by atoms with Crippen LogP contribution in [0.4, 0.5) is 15.3 Å². The number of hydrogen-bond acceptors (Lipinski definition) is 6. The van der Waals surface area contributed by atoms with E-state index in [-0.39, 0.29) is 36.0 Å². The maximum atomic E-state index is 13.9. The van der Waals surface area contributed by atoms with Crippen molar-refractivity contribution in [1.82, 2.24) is 15.5 Å². The van der Waals surface area contributed by atoms with E-state index in [1.54, 1.807) is 29.2 Å². The predicted octanol–water partition coefficient (Wildman–Crippen LogP) is 2.94. The summed E-state index contributed by atoms with van der Waals surface area (Å²) in [5.41, 5.74) is 0.308. The normalized spacial score (nSPS) is 23.0. The van der Waals surface area contributed by atoms with E-state index in [2.05, 4.69) is 10.6 Å². The molecule has 0 aliphatic carbocycles. The number of urea groups is 1. The molecule has 1 unspecified atom stereocenters. The van der Waals surface area contributed by atoms with Crippen LogP contribution in [0.2, 0.25) is 0 Å². The van der Waals surface area contributed by atoms with Gasteiger partial charge in [-0.1, -0.05) is 12.1 Å². The number of rotatable bonds is 3. The van der Waals surface area contributed by atoms with Crippen molar-refractivity contribution in [3.63, 3.8) is 0 Å². The maximum absolute atomic E-state index is 13.9. The van der Waals surface area contributed by atoms with E-state index < -0.39 is 17.7 Å². The Kier molecular flexibility index (Phi) is 6.66. The van der Waals surface area contributed by atoms with E-state index in [1.807, 2.05) is 20.8 Å². The Labute approximate surface area is 200 Å². The van der Waals surface area contributed by atoms with Crippen LogP contribution in [0.25, 0.3) is 0 Å². The Balaban J connectivity index is 1.60. The summed E-state index contributed by atoms with van der Waals surface area (Å²) < 4.78 is 5.59. The zero-order valence-electron chi connectivity index (χ0n) is 20.2. The van der Waals surface area contributed by atoms with Gasteiger partial charge < -0.3 is 15.0 Å². The third kappa shape index (κ3) is 5.09. The van der Waals surface area contributed by atoms with E-state index >= 15 is 0 Å². The molecule has 4 rings (SSSR count). The number of nitrogens with zero attached hydrogens (tertiary/aromatic N) is 2. The second kappa shape index (κ2) is 9.37. The van der Waals surface area contributed by atoms with E-state index in [0.717, 1.165) is 32.4 Å². The van der Waals surface area contributed by atoms with Gasteiger partial charge in [-0.15, -0.1) is 0 Å².